The lowest BCUT2D eigenvalue weighted by Gasteiger charge is -2.31. The molecule has 0 radical (unpaired) electrons. The summed E-state index contributed by atoms with van der Waals surface area (Å²) in [5.74, 6) is -1.46. The molecule has 1 aliphatic heterocycles. The average molecular weight is 362 g/mol. The van der Waals surface area contributed by atoms with Crippen molar-refractivity contribution in [2.75, 3.05) is 32.5 Å². The third kappa shape index (κ3) is 4.20. The van der Waals surface area contributed by atoms with Crippen molar-refractivity contribution >= 4 is 23.5 Å². The molecule has 0 spiro atoms. The second-order valence-electron chi connectivity index (χ2n) is 5.73. The highest BCUT2D eigenvalue weighted by molar-refractivity contribution is 6.03. The van der Waals surface area contributed by atoms with Crippen LogP contribution in [0.2, 0.25) is 0 Å². The minimum absolute atomic E-state index is 0.0460. The van der Waals surface area contributed by atoms with Crippen molar-refractivity contribution in [2.24, 2.45) is 0 Å². The van der Waals surface area contributed by atoms with Crippen molar-refractivity contribution in [1.29, 1.82) is 0 Å². The minimum atomic E-state index is -0.658. The number of nitrogens with one attached hydrogen (secondary N) is 1. The summed E-state index contributed by atoms with van der Waals surface area (Å²) in [6, 6.07) is 7.02. The van der Waals surface area contributed by atoms with Crippen LogP contribution < -0.4 is 10.2 Å². The summed E-state index contributed by atoms with van der Waals surface area (Å²) in [6.45, 7) is 3.32. The number of esters is 2. The number of methoxy groups -OCH3 is 2. The zero-order valence-corrected chi connectivity index (χ0v) is 15.2. The van der Waals surface area contributed by atoms with E-state index in [1.807, 2.05) is 19.1 Å². The van der Waals surface area contributed by atoms with Gasteiger partial charge < -0.3 is 24.4 Å². The van der Waals surface area contributed by atoms with Crippen molar-refractivity contribution in [2.45, 2.75) is 19.9 Å². The van der Waals surface area contributed by atoms with Gasteiger partial charge in [0.25, 0.3) is 0 Å². The monoisotopic (exact) mass is 362 g/mol. The highest BCUT2D eigenvalue weighted by Crippen LogP contribution is 2.28. The second-order valence-corrected chi connectivity index (χ2v) is 5.73. The Morgan fingerprint density at radius 1 is 1.19 bits per heavy atom. The molecule has 1 amide bonds. The predicted octanol–water partition coefficient (Wildman–Crippen LogP) is 1.28. The van der Waals surface area contributed by atoms with Crippen LogP contribution in [-0.2, 0) is 28.6 Å². The molecule has 26 heavy (non-hydrogen) atoms. The van der Waals surface area contributed by atoms with Gasteiger partial charge >= 0.3 is 11.9 Å². The normalized spacial score (nSPS) is 15.3. The van der Waals surface area contributed by atoms with Crippen molar-refractivity contribution < 1.29 is 28.6 Å². The van der Waals surface area contributed by atoms with Crippen molar-refractivity contribution in [1.82, 2.24) is 5.32 Å². The zero-order chi connectivity index (χ0) is 19.3. The maximum atomic E-state index is 12.3. The van der Waals surface area contributed by atoms with Crippen LogP contribution in [0.4, 0.5) is 5.69 Å². The molecule has 1 unspecified atom stereocenters. The number of carbonyl (C=O) groups excluding carboxylic acids is 3. The van der Waals surface area contributed by atoms with Gasteiger partial charge in [-0.25, -0.2) is 9.59 Å². The molecule has 0 aromatic heterocycles. The van der Waals surface area contributed by atoms with Crippen LogP contribution in [0.5, 0.6) is 0 Å². The number of amides is 1. The van der Waals surface area contributed by atoms with Crippen LogP contribution in [0.1, 0.15) is 25.5 Å². The number of hydrogen-bond donors (Lipinski definition) is 1. The molecule has 1 atom stereocenters. The van der Waals surface area contributed by atoms with Crippen LogP contribution in [-0.4, -0.2) is 45.4 Å². The summed E-state index contributed by atoms with van der Waals surface area (Å²) >= 11 is 0. The van der Waals surface area contributed by atoms with Gasteiger partial charge in [0.15, 0.2) is 0 Å². The Labute approximate surface area is 151 Å². The topological polar surface area (TPSA) is 94.2 Å². The predicted molar refractivity (Wildman–Crippen MR) is 93.0 cm³/mol. The summed E-state index contributed by atoms with van der Waals surface area (Å²) in [5.41, 5.74) is 1.63. The zero-order valence-electron chi connectivity index (χ0n) is 15.2. The number of benzene rings is 1. The van der Waals surface area contributed by atoms with Crippen molar-refractivity contribution in [3.63, 3.8) is 0 Å². The molecule has 1 N–H and O–H groups in total. The van der Waals surface area contributed by atoms with Crippen molar-refractivity contribution in [3.05, 3.63) is 41.1 Å². The molecule has 1 heterocycles. The molecule has 8 heteroatoms. The number of carbonyl (C=O) groups is 3. The van der Waals surface area contributed by atoms with Crippen LogP contribution in [0.3, 0.4) is 0 Å². The lowest BCUT2D eigenvalue weighted by molar-refractivity contribution is -0.140. The fourth-order valence-electron chi connectivity index (χ4n) is 2.70. The first kappa shape index (κ1) is 19.5. The summed E-state index contributed by atoms with van der Waals surface area (Å²) in [4.78, 5) is 37.2. The van der Waals surface area contributed by atoms with Gasteiger partial charge in [-0.1, -0.05) is 12.1 Å². The lowest BCUT2D eigenvalue weighted by Crippen LogP contribution is -2.38. The summed E-state index contributed by atoms with van der Waals surface area (Å²) in [6.07, 6.45) is 0. The summed E-state index contributed by atoms with van der Waals surface area (Å²) in [5, 5.41) is 2.80. The van der Waals surface area contributed by atoms with E-state index in [4.69, 9.17) is 14.2 Å². The first-order chi connectivity index (χ1) is 12.4. The molecule has 1 aliphatic rings. The molecule has 8 nitrogen and oxygen atoms in total. The Bertz CT molecular complexity index is 743. The van der Waals surface area contributed by atoms with E-state index in [0.29, 0.717) is 5.69 Å². The Balaban J connectivity index is 2.46. The number of nitrogens with zero attached hydrogens (tertiary/aromatic N) is 1. The minimum Gasteiger partial charge on any atom is -0.466 e. The molecule has 0 fully saturated rings. The smallest absolute Gasteiger partial charge is 0.355 e. The molecule has 0 saturated carbocycles. The number of rotatable bonds is 5. The SMILES string of the molecule is COC(=O)C1=C(C(=O)OC)N(c2cccc(C(C)NC(C)=O)c2)COC1. The molecule has 0 bridgehead atoms. The van der Waals surface area contributed by atoms with E-state index in [1.54, 1.807) is 17.0 Å². The maximum Gasteiger partial charge on any atom is 0.355 e. The largest absolute Gasteiger partial charge is 0.466 e. The van der Waals surface area contributed by atoms with E-state index < -0.39 is 11.9 Å². The molecule has 0 saturated heterocycles. The van der Waals surface area contributed by atoms with E-state index in [-0.39, 0.29) is 36.6 Å². The van der Waals surface area contributed by atoms with Crippen LogP contribution in [0, 0.1) is 0 Å². The number of ether oxygens (including phenoxy) is 3. The highest BCUT2D eigenvalue weighted by Gasteiger charge is 2.32. The molecular weight excluding hydrogens is 340 g/mol. The van der Waals surface area contributed by atoms with Gasteiger partial charge in [-0.3, -0.25) is 4.79 Å². The van der Waals surface area contributed by atoms with Gasteiger partial charge in [0, 0.05) is 12.6 Å². The van der Waals surface area contributed by atoms with E-state index in [1.165, 1.54) is 21.1 Å². The van der Waals surface area contributed by atoms with Gasteiger partial charge in [0.2, 0.25) is 5.91 Å². The van der Waals surface area contributed by atoms with Gasteiger partial charge in [0.1, 0.15) is 12.4 Å². The van der Waals surface area contributed by atoms with E-state index in [9.17, 15) is 14.4 Å². The quantitative estimate of drug-likeness (QED) is 0.789. The fraction of sp³-hybridized carbons (Fsp3) is 0.389. The second kappa shape index (κ2) is 8.48. The fourth-order valence-corrected chi connectivity index (χ4v) is 2.70. The molecular formula is C18H22N2O6. The van der Waals surface area contributed by atoms with Gasteiger partial charge in [-0.15, -0.1) is 0 Å². The lowest BCUT2D eigenvalue weighted by atomic mass is 10.1. The Morgan fingerprint density at radius 3 is 2.50 bits per heavy atom. The molecule has 1 aromatic carbocycles. The molecule has 140 valence electrons. The Kier molecular flexibility index (Phi) is 6.35. The first-order valence-electron chi connectivity index (χ1n) is 8.01. The van der Waals surface area contributed by atoms with E-state index in [0.717, 1.165) is 5.56 Å². The van der Waals surface area contributed by atoms with Gasteiger partial charge in [-0.2, -0.15) is 0 Å². The van der Waals surface area contributed by atoms with Crippen LogP contribution in [0.25, 0.3) is 0 Å². The maximum absolute atomic E-state index is 12.3. The Hall–Kier alpha value is -2.87. The third-order valence-corrected chi connectivity index (χ3v) is 3.93. The highest BCUT2D eigenvalue weighted by atomic mass is 16.5. The summed E-state index contributed by atoms with van der Waals surface area (Å²) in [7, 11) is 2.48. The van der Waals surface area contributed by atoms with Crippen molar-refractivity contribution in [3.8, 4) is 0 Å². The standard InChI is InChI=1S/C18H22N2O6/c1-11(19-12(2)21)13-6-5-7-14(8-13)20-10-26-9-15(17(22)24-3)16(20)18(23)25-4/h5-8,11H,9-10H2,1-4H3,(H,19,21). The molecule has 1 aromatic rings. The first-order valence-corrected chi connectivity index (χ1v) is 8.01. The molecule has 0 aliphatic carbocycles. The van der Waals surface area contributed by atoms with Crippen LogP contribution >= 0.6 is 0 Å². The number of hydrogen-bond acceptors (Lipinski definition) is 7. The van der Waals surface area contributed by atoms with E-state index >= 15 is 0 Å². The van der Waals surface area contributed by atoms with Gasteiger partial charge in [-0.05, 0) is 24.6 Å². The van der Waals surface area contributed by atoms with Crippen LogP contribution in [0.15, 0.2) is 35.5 Å². The Morgan fingerprint density at radius 2 is 1.88 bits per heavy atom. The third-order valence-electron chi connectivity index (χ3n) is 3.93. The summed E-state index contributed by atoms with van der Waals surface area (Å²) < 4.78 is 15.0. The van der Waals surface area contributed by atoms with E-state index in [2.05, 4.69) is 5.32 Å². The number of anilines is 1. The van der Waals surface area contributed by atoms with Gasteiger partial charge in [0.05, 0.1) is 32.4 Å². The average Bonchev–Trinajstić information content (AvgIpc) is 2.65. The molecule has 2 rings (SSSR count).